The molecule has 3 aromatic rings. The Morgan fingerprint density at radius 1 is 0.956 bits per heavy atom. The average Bonchev–Trinajstić information content (AvgIpc) is 3.30. The summed E-state index contributed by atoms with van der Waals surface area (Å²) in [6.45, 7) is 11.6. The zero-order chi connectivity index (χ0) is 32.7. The van der Waals surface area contributed by atoms with Crippen molar-refractivity contribution in [1.29, 1.82) is 0 Å². The summed E-state index contributed by atoms with van der Waals surface area (Å²) < 4.78 is 35.1. The molecule has 1 aromatic heterocycles. The van der Waals surface area contributed by atoms with Crippen molar-refractivity contribution < 1.29 is 38.0 Å². The van der Waals surface area contributed by atoms with E-state index >= 15 is 0 Å². The van der Waals surface area contributed by atoms with Gasteiger partial charge in [0.1, 0.15) is 0 Å². The summed E-state index contributed by atoms with van der Waals surface area (Å²) in [7, 11) is 1.27. The first kappa shape index (κ1) is 33.3. The molecular formula is C33H38N2O9S. The maximum atomic E-state index is 14.1. The fourth-order valence-corrected chi connectivity index (χ4v) is 5.82. The minimum absolute atomic E-state index is 0.0349. The molecule has 0 radical (unpaired) electrons. The van der Waals surface area contributed by atoms with Crippen LogP contribution >= 0.6 is 11.3 Å². The van der Waals surface area contributed by atoms with Crippen LogP contribution in [0.25, 0.3) is 6.08 Å². The third-order valence-electron chi connectivity index (χ3n) is 6.60. The van der Waals surface area contributed by atoms with Crippen molar-refractivity contribution in [1.82, 2.24) is 4.57 Å². The predicted molar refractivity (Wildman–Crippen MR) is 169 cm³/mol. The highest BCUT2D eigenvalue weighted by Gasteiger charge is 2.34. The number of nitrogens with zero attached hydrogens (tertiary/aromatic N) is 2. The van der Waals surface area contributed by atoms with Gasteiger partial charge in [-0.05, 0) is 83.0 Å². The van der Waals surface area contributed by atoms with E-state index in [1.165, 1.54) is 23.0 Å². The Balaban J connectivity index is 1.87. The maximum absolute atomic E-state index is 14.1. The first-order valence-corrected chi connectivity index (χ1v) is 15.5. The number of ether oxygens (including phenoxy) is 6. The Morgan fingerprint density at radius 3 is 2.29 bits per heavy atom. The van der Waals surface area contributed by atoms with E-state index in [9.17, 15) is 14.4 Å². The molecule has 0 amide bonds. The van der Waals surface area contributed by atoms with E-state index in [0.717, 1.165) is 5.56 Å². The fraction of sp³-hybridized carbons (Fsp3) is 0.394. The van der Waals surface area contributed by atoms with Crippen molar-refractivity contribution in [2.75, 3.05) is 33.5 Å². The second-order valence-electron chi connectivity index (χ2n) is 10.1. The van der Waals surface area contributed by atoms with Crippen molar-refractivity contribution in [3.63, 3.8) is 0 Å². The molecule has 4 rings (SSSR count). The van der Waals surface area contributed by atoms with E-state index in [4.69, 9.17) is 23.7 Å². The van der Waals surface area contributed by atoms with Gasteiger partial charge in [-0.2, -0.15) is 0 Å². The number of hydrogen-bond acceptors (Lipinski definition) is 11. The Hall–Kier alpha value is -4.58. The molecule has 12 heteroatoms. The summed E-state index contributed by atoms with van der Waals surface area (Å²) >= 11 is 1.21. The molecule has 0 spiro atoms. The van der Waals surface area contributed by atoms with Gasteiger partial charge < -0.3 is 28.4 Å². The van der Waals surface area contributed by atoms with Crippen LogP contribution in [-0.4, -0.2) is 56.1 Å². The summed E-state index contributed by atoms with van der Waals surface area (Å²) in [6.07, 6.45) is 1.73. The smallest absolute Gasteiger partial charge is 0.343 e. The third kappa shape index (κ3) is 7.56. The van der Waals surface area contributed by atoms with Crippen LogP contribution < -0.4 is 33.8 Å². The van der Waals surface area contributed by atoms with Crippen LogP contribution in [0.3, 0.4) is 0 Å². The van der Waals surface area contributed by atoms with Gasteiger partial charge in [0.05, 0.1) is 54.9 Å². The molecule has 1 aliphatic rings. The Bertz CT molecular complexity index is 1770. The molecule has 2 aromatic carbocycles. The van der Waals surface area contributed by atoms with Gasteiger partial charge in [0.2, 0.25) is 0 Å². The van der Waals surface area contributed by atoms with Crippen LogP contribution in [0.15, 0.2) is 57.5 Å². The van der Waals surface area contributed by atoms with E-state index in [-0.39, 0.29) is 30.5 Å². The van der Waals surface area contributed by atoms with E-state index in [2.05, 4.69) is 9.73 Å². The molecule has 0 bridgehead atoms. The zero-order valence-corrected chi connectivity index (χ0v) is 27.3. The van der Waals surface area contributed by atoms with Crippen LogP contribution in [0, 0.1) is 0 Å². The van der Waals surface area contributed by atoms with Crippen LogP contribution in [0.2, 0.25) is 0 Å². The summed E-state index contributed by atoms with van der Waals surface area (Å²) in [6, 6.07) is 9.68. The molecule has 0 saturated heterocycles. The highest BCUT2D eigenvalue weighted by Crippen LogP contribution is 2.36. The number of benzene rings is 2. The number of fused-ring (bicyclic) bond motifs is 1. The number of thiazole rings is 1. The Morgan fingerprint density at radius 2 is 1.64 bits per heavy atom. The molecule has 45 heavy (non-hydrogen) atoms. The molecule has 11 nitrogen and oxygen atoms in total. The van der Waals surface area contributed by atoms with E-state index in [1.54, 1.807) is 38.1 Å². The van der Waals surface area contributed by atoms with Gasteiger partial charge in [-0.3, -0.25) is 9.36 Å². The molecule has 1 aliphatic heterocycles. The third-order valence-corrected chi connectivity index (χ3v) is 7.58. The number of carbonyl (C=O) groups is 2. The van der Waals surface area contributed by atoms with Gasteiger partial charge in [0.15, 0.2) is 34.4 Å². The SMILES string of the molecule is CCOC(=O)C1=C(C)N=c2s/c(=C/c3ccc(OC(C)C)c(OCC)c3)c(=O)n2[C@H]1c1ccc(OCC(=O)OC)c(OCC)c1. The standard InChI is InChI=1S/C33H38N2O9S/c1-8-40-25-15-21(11-13-24(25)44-19(4)5)16-27-31(37)35-30(29(32(38)42-10-3)20(6)34-33(35)45-27)22-12-14-23(26(17-22)41-9-2)43-18-28(36)39-7/h11-17,19,30H,8-10,18H2,1-7H3/b27-16+/t30-/m0/s1. The van der Waals surface area contributed by atoms with Gasteiger partial charge in [-0.1, -0.05) is 23.5 Å². The number of carbonyl (C=O) groups excluding carboxylic acids is 2. The maximum Gasteiger partial charge on any atom is 0.343 e. The summed E-state index contributed by atoms with van der Waals surface area (Å²) in [4.78, 5) is 44.2. The molecule has 240 valence electrons. The van der Waals surface area contributed by atoms with Gasteiger partial charge in [0.25, 0.3) is 5.56 Å². The Labute approximate surface area is 265 Å². The molecule has 0 aliphatic carbocycles. The number of methoxy groups -OCH3 is 1. The van der Waals surface area contributed by atoms with Gasteiger partial charge in [-0.15, -0.1) is 0 Å². The monoisotopic (exact) mass is 638 g/mol. The molecule has 0 fully saturated rings. The Kier molecular flexibility index (Phi) is 11.1. The molecule has 0 saturated carbocycles. The van der Waals surface area contributed by atoms with Crippen LogP contribution in [0.5, 0.6) is 23.0 Å². The van der Waals surface area contributed by atoms with Gasteiger partial charge >= 0.3 is 11.9 Å². The zero-order valence-electron chi connectivity index (χ0n) is 26.5. The number of esters is 2. The number of allylic oxidation sites excluding steroid dienone is 1. The minimum Gasteiger partial charge on any atom is -0.490 e. The van der Waals surface area contributed by atoms with Crippen molar-refractivity contribution in [3.05, 3.63) is 78.5 Å². The molecular weight excluding hydrogens is 600 g/mol. The second kappa shape index (κ2) is 14.9. The predicted octanol–water partition coefficient (Wildman–Crippen LogP) is 3.93. The summed E-state index contributed by atoms with van der Waals surface area (Å²) in [5, 5.41) is 0. The summed E-state index contributed by atoms with van der Waals surface area (Å²) in [5.74, 6) is 0.711. The first-order valence-electron chi connectivity index (χ1n) is 14.7. The molecule has 1 atom stereocenters. The van der Waals surface area contributed by atoms with Crippen molar-refractivity contribution in [3.8, 4) is 23.0 Å². The normalized spacial score (nSPS) is 14.5. The van der Waals surface area contributed by atoms with Crippen molar-refractivity contribution in [2.24, 2.45) is 4.99 Å². The van der Waals surface area contributed by atoms with Crippen LogP contribution in [0.1, 0.15) is 58.7 Å². The van der Waals surface area contributed by atoms with E-state index in [1.807, 2.05) is 45.9 Å². The number of aromatic nitrogens is 1. The second-order valence-corrected chi connectivity index (χ2v) is 11.1. The molecule has 0 N–H and O–H groups in total. The fourth-order valence-electron chi connectivity index (χ4n) is 4.77. The largest absolute Gasteiger partial charge is 0.490 e. The lowest BCUT2D eigenvalue weighted by molar-refractivity contribution is -0.143. The van der Waals surface area contributed by atoms with Gasteiger partial charge in [0, 0.05) is 0 Å². The quantitative estimate of drug-likeness (QED) is 0.256. The van der Waals surface area contributed by atoms with Crippen LogP contribution in [-0.2, 0) is 19.1 Å². The van der Waals surface area contributed by atoms with Crippen molar-refractivity contribution in [2.45, 2.75) is 53.7 Å². The lowest BCUT2D eigenvalue weighted by Gasteiger charge is -2.25. The van der Waals surface area contributed by atoms with E-state index in [0.29, 0.717) is 56.8 Å². The number of hydrogen-bond donors (Lipinski definition) is 0. The topological polar surface area (TPSA) is 124 Å². The van der Waals surface area contributed by atoms with Crippen LogP contribution in [0.4, 0.5) is 0 Å². The van der Waals surface area contributed by atoms with Crippen molar-refractivity contribution >= 4 is 29.4 Å². The molecule has 2 heterocycles. The van der Waals surface area contributed by atoms with E-state index < -0.39 is 18.0 Å². The van der Waals surface area contributed by atoms with Gasteiger partial charge in [-0.25, -0.2) is 14.6 Å². The highest BCUT2D eigenvalue weighted by molar-refractivity contribution is 7.07. The highest BCUT2D eigenvalue weighted by atomic mass is 32.1. The average molecular weight is 639 g/mol. The number of rotatable bonds is 13. The molecule has 0 unspecified atom stereocenters. The minimum atomic E-state index is -0.864. The first-order chi connectivity index (χ1) is 21.6. The lowest BCUT2D eigenvalue weighted by atomic mass is 9.95. The summed E-state index contributed by atoms with van der Waals surface area (Å²) in [5.41, 5.74) is 1.65. The lowest BCUT2D eigenvalue weighted by Crippen LogP contribution is -2.40.